The SMILES string of the molecule is CCN(CC)c1ccc(C2/C(=C(/O)c3ccc(C)cc3)C(=O)C(=O)N2c2ccc(C(C)C)cc2)cc1. The van der Waals surface area contributed by atoms with Crippen LogP contribution in [0, 0.1) is 6.92 Å². The van der Waals surface area contributed by atoms with Crippen molar-refractivity contribution < 1.29 is 14.7 Å². The Balaban J connectivity index is 1.87. The van der Waals surface area contributed by atoms with Crippen molar-refractivity contribution >= 4 is 28.8 Å². The van der Waals surface area contributed by atoms with Crippen molar-refractivity contribution in [3.05, 3.63) is 101 Å². The lowest BCUT2D eigenvalue weighted by Crippen LogP contribution is -2.29. The number of amides is 1. The summed E-state index contributed by atoms with van der Waals surface area (Å²) in [5.41, 5.74) is 5.27. The highest BCUT2D eigenvalue weighted by molar-refractivity contribution is 6.51. The van der Waals surface area contributed by atoms with Crippen LogP contribution in [0.25, 0.3) is 5.76 Å². The number of benzene rings is 3. The molecule has 1 fully saturated rings. The summed E-state index contributed by atoms with van der Waals surface area (Å²) in [5, 5.41) is 11.3. The second-order valence-corrected chi connectivity index (χ2v) is 9.55. The minimum Gasteiger partial charge on any atom is -0.507 e. The van der Waals surface area contributed by atoms with Crippen molar-refractivity contribution in [1.82, 2.24) is 0 Å². The van der Waals surface area contributed by atoms with Crippen molar-refractivity contribution in [3.8, 4) is 0 Å². The van der Waals surface area contributed by atoms with Crippen LogP contribution in [0.15, 0.2) is 78.4 Å². The first-order chi connectivity index (χ1) is 17.3. The fourth-order valence-electron chi connectivity index (χ4n) is 4.76. The molecule has 1 saturated heterocycles. The van der Waals surface area contributed by atoms with Crippen molar-refractivity contribution in [2.24, 2.45) is 0 Å². The maximum Gasteiger partial charge on any atom is 0.300 e. The molecule has 0 aromatic heterocycles. The summed E-state index contributed by atoms with van der Waals surface area (Å²) >= 11 is 0. The predicted molar refractivity (Wildman–Crippen MR) is 146 cm³/mol. The molecule has 36 heavy (non-hydrogen) atoms. The number of Topliss-reactive ketones (excluding diaryl/α,β-unsaturated/α-hetero) is 1. The highest BCUT2D eigenvalue weighted by atomic mass is 16.3. The van der Waals surface area contributed by atoms with Gasteiger partial charge in [0, 0.05) is 30.0 Å². The highest BCUT2D eigenvalue weighted by Gasteiger charge is 2.47. The van der Waals surface area contributed by atoms with E-state index in [2.05, 4.69) is 32.6 Å². The molecule has 186 valence electrons. The highest BCUT2D eigenvalue weighted by Crippen LogP contribution is 2.42. The minimum absolute atomic E-state index is 0.104. The largest absolute Gasteiger partial charge is 0.507 e. The summed E-state index contributed by atoms with van der Waals surface area (Å²) in [6, 6.07) is 22.2. The van der Waals surface area contributed by atoms with Gasteiger partial charge in [-0.05, 0) is 62.1 Å². The molecular formula is C31H34N2O3. The number of rotatable bonds is 7. The number of hydrogen-bond acceptors (Lipinski definition) is 4. The second-order valence-electron chi connectivity index (χ2n) is 9.55. The van der Waals surface area contributed by atoms with Gasteiger partial charge >= 0.3 is 0 Å². The number of anilines is 2. The Kier molecular flexibility index (Phi) is 7.30. The lowest BCUT2D eigenvalue weighted by Gasteiger charge is -2.27. The van der Waals surface area contributed by atoms with Crippen molar-refractivity contribution in [2.75, 3.05) is 22.9 Å². The first-order valence-corrected chi connectivity index (χ1v) is 12.6. The molecule has 0 aliphatic carbocycles. The average molecular weight is 483 g/mol. The van der Waals surface area contributed by atoms with Gasteiger partial charge in [0.25, 0.3) is 11.7 Å². The lowest BCUT2D eigenvalue weighted by atomic mass is 9.94. The first kappa shape index (κ1) is 25.2. The van der Waals surface area contributed by atoms with Crippen LogP contribution in [0.2, 0.25) is 0 Å². The third kappa shape index (κ3) is 4.66. The summed E-state index contributed by atoms with van der Waals surface area (Å²) in [6.07, 6.45) is 0. The molecule has 1 amide bonds. The number of carbonyl (C=O) groups is 2. The summed E-state index contributed by atoms with van der Waals surface area (Å²) in [6.45, 7) is 12.2. The maximum absolute atomic E-state index is 13.4. The minimum atomic E-state index is -0.734. The van der Waals surface area contributed by atoms with Crippen LogP contribution in [-0.4, -0.2) is 29.9 Å². The van der Waals surface area contributed by atoms with E-state index < -0.39 is 17.7 Å². The van der Waals surface area contributed by atoms with E-state index in [4.69, 9.17) is 0 Å². The molecule has 3 aromatic rings. The van der Waals surface area contributed by atoms with Crippen LogP contribution in [0.1, 0.15) is 61.9 Å². The standard InChI is InChI=1S/C31H34N2O3/c1-6-32(7-2)25-16-14-23(15-17-25)28-27(29(34)24-10-8-21(5)9-11-24)30(35)31(36)33(28)26-18-12-22(13-19-26)20(3)4/h8-20,28,34H,6-7H2,1-5H3/b29-27-. The van der Waals surface area contributed by atoms with E-state index in [0.29, 0.717) is 17.2 Å². The van der Waals surface area contributed by atoms with E-state index in [9.17, 15) is 14.7 Å². The molecule has 1 atom stereocenters. The molecule has 4 rings (SSSR count). The molecule has 0 spiro atoms. The summed E-state index contributed by atoms with van der Waals surface area (Å²) in [7, 11) is 0. The van der Waals surface area contributed by atoms with Gasteiger partial charge in [0.2, 0.25) is 0 Å². The van der Waals surface area contributed by atoms with Gasteiger partial charge in [0.15, 0.2) is 0 Å². The van der Waals surface area contributed by atoms with Gasteiger partial charge in [-0.1, -0.05) is 67.9 Å². The molecule has 3 aromatic carbocycles. The van der Waals surface area contributed by atoms with Crippen LogP contribution >= 0.6 is 0 Å². The van der Waals surface area contributed by atoms with Crippen LogP contribution in [0.5, 0.6) is 0 Å². The quantitative estimate of drug-likeness (QED) is 0.234. The zero-order valence-electron chi connectivity index (χ0n) is 21.7. The van der Waals surface area contributed by atoms with Gasteiger partial charge in [0.1, 0.15) is 5.76 Å². The van der Waals surface area contributed by atoms with Crippen LogP contribution < -0.4 is 9.80 Å². The molecule has 0 radical (unpaired) electrons. The van der Waals surface area contributed by atoms with Crippen molar-refractivity contribution in [3.63, 3.8) is 0 Å². The second kappa shape index (κ2) is 10.4. The Morgan fingerprint density at radius 1 is 0.889 bits per heavy atom. The molecule has 1 unspecified atom stereocenters. The number of hydrogen-bond donors (Lipinski definition) is 1. The summed E-state index contributed by atoms with van der Waals surface area (Å²) in [5.74, 6) is -1.13. The Morgan fingerprint density at radius 2 is 1.47 bits per heavy atom. The summed E-state index contributed by atoms with van der Waals surface area (Å²) < 4.78 is 0. The Labute approximate surface area is 213 Å². The Bertz CT molecular complexity index is 1270. The molecule has 1 aliphatic heterocycles. The van der Waals surface area contributed by atoms with Gasteiger partial charge in [-0.2, -0.15) is 0 Å². The number of carbonyl (C=O) groups excluding carboxylic acids is 2. The van der Waals surface area contributed by atoms with Gasteiger partial charge in [-0.25, -0.2) is 0 Å². The van der Waals surface area contributed by atoms with Crippen LogP contribution in [-0.2, 0) is 9.59 Å². The maximum atomic E-state index is 13.4. The third-order valence-corrected chi connectivity index (χ3v) is 6.94. The van der Waals surface area contributed by atoms with E-state index >= 15 is 0 Å². The molecule has 5 nitrogen and oxygen atoms in total. The van der Waals surface area contributed by atoms with E-state index in [-0.39, 0.29) is 11.3 Å². The van der Waals surface area contributed by atoms with Gasteiger partial charge in [-0.3, -0.25) is 14.5 Å². The van der Waals surface area contributed by atoms with Crippen molar-refractivity contribution in [1.29, 1.82) is 0 Å². The van der Waals surface area contributed by atoms with Gasteiger partial charge in [0.05, 0.1) is 11.6 Å². The lowest BCUT2D eigenvalue weighted by molar-refractivity contribution is -0.132. The predicted octanol–water partition coefficient (Wildman–Crippen LogP) is 6.59. The van der Waals surface area contributed by atoms with E-state index in [0.717, 1.165) is 35.5 Å². The van der Waals surface area contributed by atoms with Crippen LogP contribution in [0.3, 0.4) is 0 Å². The number of aryl methyl sites for hydroxylation is 1. The van der Waals surface area contributed by atoms with Gasteiger partial charge in [-0.15, -0.1) is 0 Å². The Hall–Kier alpha value is -3.86. The monoisotopic (exact) mass is 482 g/mol. The smallest absolute Gasteiger partial charge is 0.300 e. The molecule has 0 saturated carbocycles. The van der Waals surface area contributed by atoms with Crippen molar-refractivity contribution in [2.45, 2.75) is 46.6 Å². The molecule has 5 heteroatoms. The Morgan fingerprint density at radius 3 is 2.00 bits per heavy atom. The zero-order valence-corrected chi connectivity index (χ0v) is 21.7. The number of nitrogens with zero attached hydrogens (tertiary/aromatic N) is 2. The van der Waals surface area contributed by atoms with E-state index in [1.54, 1.807) is 12.1 Å². The molecule has 1 heterocycles. The number of aliphatic hydroxyl groups is 1. The topological polar surface area (TPSA) is 60.9 Å². The fraction of sp³-hybridized carbons (Fsp3) is 0.290. The van der Waals surface area contributed by atoms with E-state index in [1.807, 2.05) is 67.6 Å². The molecular weight excluding hydrogens is 448 g/mol. The third-order valence-electron chi connectivity index (χ3n) is 6.94. The van der Waals surface area contributed by atoms with E-state index in [1.165, 1.54) is 4.90 Å². The zero-order chi connectivity index (χ0) is 26.0. The molecule has 1 N–H and O–H groups in total. The number of aliphatic hydroxyl groups excluding tert-OH is 1. The number of ketones is 1. The fourth-order valence-corrected chi connectivity index (χ4v) is 4.76. The molecule has 1 aliphatic rings. The van der Waals surface area contributed by atoms with Gasteiger partial charge < -0.3 is 10.0 Å². The first-order valence-electron chi connectivity index (χ1n) is 12.6. The average Bonchev–Trinajstić information content (AvgIpc) is 3.15. The van der Waals surface area contributed by atoms with Crippen LogP contribution in [0.4, 0.5) is 11.4 Å². The molecule has 0 bridgehead atoms. The summed E-state index contributed by atoms with van der Waals surface area (Å²) in [4.78, 5) is 30.5. The normalized spacial score (nSPS) is 17.2.